The van der Waals surface area contributed by atoms with E-state index in [9.17, 15) is 4.21 Å². The number of hydrogen-bond donors (Lipinski definition) is 1. The van der Waals surface area contributed by atoms with Crippen molar-refractivity contribution in [3.05, 3.63) is 34.9 Å². The Morgan fingerprint density at radius 2 is 1.88 bits per heavy atom. The van der Waals surface area contributed by atoms with Crippen LogP contribution < -0.4 is 5.32 Å². The normalized spacial score (nSPS) is 16.5. The molecular formula is C13H20ClNOS. The van der Waals surface area contributed by atoms with Crippen molar-refractivity contribution in [1.82, 2.24) is 5.32 Å². The van der Waals surface area contributed by atoms with Gasteiger partial charge in [-0.2, -0.15) is 0 Å². The van der Waals surface area contributed by atoms with Gasteiger partial charge in [0.05, 0.1) is 0 Å². The molecule has 0 aliphatic carbocycles. The SMILES string of the molecule is CNC(C)CC(C)S(=O)Cc1ccc(Cl)cc1. The van der Waals surface area contributed by atoms with Gasteiger partial charge in [-0.25, -0.2) is 0 Å². The Morgan fingerprint density at radius 3 is 2.41 bits per heavy atom. The van der Waals surface area contributed by atoms with E-state index in [1.165, 1.54) is 0 Å². The summed E-state index contributed by atoms with van der Waals surface area (Å²) < 4.78 is 12.1. The second-order valence-electron chi connectivity index (χ2n) is 4.39. The fraction of sp³-hybridized carbons (Fsp3) is 0.538. The maximum absolute atomic E-state index is 12.1. The molecule has 1 N–H and O–H groups in total. The fourth-order valence-corrected chi connectivity index (χ4v) is 3.05. The van der Waals surface area contributed by atoms with Crippen molar-refractivity contribution in [2.75, 3.05) is 7.05 Å². The van der Waals surface area contributed by atoms with Gasteiger partial charge in [0.2, 0.25) is 0 Å². The summed E-state index contributed by atoms with van der Waals surface area (Å²) in [6.07, 6.45) is 0.927. The maximum Gasteiger partial charge on any atom is 0.0488 e. The van der Waals surface area contributed by atoms with Crippen LogP contribution in [0.15, 0.2) is 24.3 Å². The first kappa shape index (κ1) is 14.7. The predicted octanol–water partition coefficient (Wildman–Crippen LogP) is 2.98. The van der Waals surface area contributed by atoms with E-state index in [1.807, 2.05) is 38.2 Å². The van der Waals surface area contributed by atoms with Gasteiger partial charge >= 0.3 is 0 Å². The van der Waals surface area contributed by atoms with Crippen molar-refractivity contribution in [3.63, 3.8) is 0 Å². The lowest BCUT2D eigenvalue weighted by Crippen LogP contribution is -2.27. The van der Waals surface area contributed by atoms with Gasteiger partial charge in [-0.1, -0.05) is 30.7 Å². The first-order chi connectivity index (χ1) is 8.02. The summed E-state index contributed by atoms with van der Waals surface area (Å²) in [5.74, 6) is 0.606. The third-order valence-corrected chi connectivity index (χ3v) is 4.81. The van der Waals surface area contributed by atoms with Crippen LogP contribution in [-0.4, -0.2) is 22.5 Å². The Labute approximate surface area is 111 Å². The smallest absolute Gasteiger partial charge is 0.0488 e. The number of halogens is 1. The van der Waals surface area contributed by atoms with Crippen LogP contribution in [0.3, 0.4) is 0 Å². The summed E-state index contributed by atoms with van der Waals surface area (Å²) >= 11 is 5.81. The van der Waals surface area contributed by atoms with Crippen LogP contribution in [0, 0.1) is 0 Å². The standard InChI is InChI=1S/C13H20ClNOS/c1-10(15-3)8-11(2)17(16)9-12-4-6-13(14)7-5-12/h4-7,10-11,15H,8-9H2,1-3H3. The van der Waals surface area contributed by atoms with Crippen LogP contribution in [0.25, 0.3) is 0 Å². The van der Waals surface area contributed by atoms with Crippen molar-refractivity contribution < 1.29 is 4.21 Å². The Morgan fingerprint density at radius 1 is 1.29 bits per heavy atom. The zero-order chi connectivity index (χ0) is 12.8. The zero-order valence-electron chi connectivity index (χ0n) is 10.6. The van der Waals surface area contributed by atoms with E-state index in [1.54, 1.807) is 0 Å². The highest BCUT2D eigenvalue weighted by Gasteiger charge is 2.14. The Hall–Kier alpha value is -0.380. The topological polar surface area (TPSA) is 29.1 Å². The molecule has 0 amide bonds. The highest BCUT2D eigenvalue weighted by molar-refractivity contribution is 7.84. The number of hydrogen-bond acceptors (Lipinski definition) is 2. The van der Waals surface area contributed by atoms with E-state index in [-0.39, 0.29) is 5.25 Å². The number of rotatable bonds is 6. The van der Waals surface area contributed by atoms with Gasteiger partial charge in [0.1, 0.15) is 0 Å². The third-order valence-electron chi connectivity index (χ3n) is 2.85. The molecule has 0 saturated heterocycles. The highest BCUT2D eigenvalue weighted by atomic mass is 35.5. The molecule has 0 heterocycles. The van der Waals surface area contributed by atoms with Gasteiger partial charge in [-0.3, -0.25) is 4.21 Å². The first-order valence-electron chi connectivity index (χ1n) is 5.81. The van der Waals surface area contributed by atoms with Crippen LogP contribution in [0.1, 0.15) is 25.8 Å². The molecule has 0 fully saturated rings. The number of nitrogens with one attached hydrogen (secondary N) is 1. The molecule has 0 spiro atoms. The first-order valence-corrected chi connectivity index (χ1v) is 7.57. The molecule has 0 saturated carbocycles. The summed E-state index contributed by atoms with van der Waals surface area (Å²) in [5, 5.41) is 4.09. The molecule has 0 aliphatic heterocycles. The van der Waals surface area contributed by atoms with E-state index in [0.29, 0.717) is 11.8 Å². The lowest BCUT2D eigenvalue weighted by atomic mass is 10.2. The van der Waals surface area contributed by atoms with Crippen LogP contribution in [0.2, 0.25) is 5.02 Å². The molecule has 4 heteroatoms. The average Bonchev–Trinajstić information content (AvgIpc) is 2.31. The summed E-state index contributed by atoms with van der Waals surface area (Å²) in [6, 6.07) is 7.96. The largest absolute Gasteiger partial charge is 0.317 e. The lowest BCUT2D eigenvalue weighted by Gasteiger charge is -2.16. The molecule has 3 atom stereocenters. The molecular weight excluding hydrogens is 254 g/mol. The fourth-order valence-electron chi connectivity index (χ4n) is 1.61. The quantitative estimate of drug-likeness (QED) is 0.863. The van der Waals surface area contributed by atoms with Crippen LogP contribution in [-0.2, 0) is 16.6 Å². The van der Waals surface area contributed by atoms with Crippen LogP contribution >= 0.6 is 11.6 Å². The van der Waals surface area contributed by atoms with Crippen LogP contribution in [0.5, 0.6) is 0 Å². The molecule has 17 heavy (non-hydrogen) atoms. The summed E-state index contributed by atoms with van der Waals surface area (Å²) in [7, 11) is 1.10. The minimum absolute atomic E-state index is 0.202. The second-order valence-corrected chi connectivity index (χ2v) is 6.68. The van der Waals surface area contributed by atoms with Crippen molar-refractivity contribution in [1.29, 1.82) is 0 Å². The molecule has 0 bridgehead atoms. The van der Waals surface area contributed by atoms with Crippen molar-refractivity contribution in [2.45, 2.75) is 37.3 Å². The molecule has 0 aromatic heterocycles. The van der Waals surface area contributed by atoms with E-state index in [4.69, 9.17) is 11.6 Å². The molecule has 3 unspecified atom stereocenters. The van der Waals surface area contributed by atoms with Gasteiger partial charge in [0.25, 0.3) is 0 Å². The minimum atomic E-state index is -0.828. The van der Waals surface area contributed by atoms with Gasteiger partial charge in [-0.05, 0) is 38.1 Å². The average molecular weight is 274 g/mol. The Bertz CT molecular complexity index is 366. The van der Waals surface area contributed by atoms with E-state index < -0.39 is 10.8 Å². The zero-order valence-corrected chi connectivity index (χ0v) is 12.1. The van der Waals surface area contributed by atoms with Gasteiger partial charge in [0.15, 0.2) is 0 Å². The minimum Gasteiger partial charge on any atom is -0.317 e. The van der Waals surface area contributed by atoms with Gasteiger partial charge in [-0.15, -0.1) is 0 Å². The summed E-state index contributed by atoms with van der Waals surface area (Å²) in [5.41, 5.74) is 1.08. The molecule has 1 aromatic rings. The maximum atomic E-state index is 12.1. The van der Waals surface area contributed by atoms with E-state index in [2.05, 4.69) is 12.2 Å². The van der Waals surface area contributed by atoms with Gasteiger partial charge in [0, 0.05) is 32.9 Å². The van der Waals surface area contributed by atoms with Crippen molar-refractivity contribution in [3.8, 4) is 0 Å². The Balaban J connectivity index is 2.51. The second kappa shape index (κ2) is 7.14. The van der Waals surface area contributed by atoms with E-state index in [0.717, 1.165) is 17.0 Å². The predicted molar refractivity (Wildman–Crippen MR) is 75.9 cm³/mol. The molecule has 2 nitrogen and oxygen atoms in total. The number of benzene rings is 1. The van der Waals surface area contributed by atoms with Crippen LogP contribution in [0.4, 0.5) is 0 Å². The summed E-state index contributed by atoms with van der Waals surface area (Å²) in [6.45, 7) is 4.15. The highest BCUT2D eigenvalue weighted by Crippen LogP contribution is 2.14. The third kappa shape index (κ3) is 5.19. The van der Waals surface area contributed by atoms with Crippen molar-refractivity contribution >= 4 is 22.4 Å². The molecule has 1 aromatic carbocycles. The monoisotopic (exact) mass is 273 g/mol. The Kier molecular flexibility index (Phi) is 6.17. The molecule has 0 radical (unpaired) electrons. The van der Waals surface area contributed by atoms with E-state index >= 15 is 0 Å². The lowest BCUT2D eigenvalue weighted by molar-refractivity contribution is 0.554. The molecule has 0 aliphatic rings. The summed E-state index contributed by atoms with van der Waals surface area (Å²) in [4.78, 5) is 0. The van der Waals surface area contributed by atoms with Gasteiger partial charge < -0.3 is 5.32 Å². The molecule has 1 rings (SSSR count). The van der Waals surface area contributed by atoms with Crippen molar-refractivity contribution in [2.24, 2.45) is 0 Å². The molecule has 96 valence electrons.